The van der Waals surface area contributed by atoms with Gasteiger partial charge in [0.25, 0.3) is 0 Å². The number of hydrogen-bond acceptors (Lipinski definition) is 6. The van der Waals surface area contributed by atoms with Crippen molar-refractivity contribution in [3.63, 3.8) is 0 Å². The minimum atomic E-state index is -0.368. The molecule has 6 nitrogen and oxygen atoms in total. The summed E-state index contributed by atoms with van der Waals surface area (Å²) in [5.41, 5.74) is 1.45. The molecule has 7 heteroatoms. The van der Waals surface area contributed by atoms with Crippen molar-refractivity contribution in [1.29, 1.82) is 0 Å². The van der Waals surface area contributed by atoms with E-state index in [1.807, 2.05) is 24.3 Å². The highest BCUT2D eigenvalue weighted by Gasteiger charge is 2.08. The largest absolute Gasteiger partial charge is 0.497 e. The Morgan fingerprint density at radius 3 is 2.65 bits per heavy atom. The lowest BCUT2D eigenvalue weighted by atomic mass is 10.2. The Morgan fingerprint density at radius 1 is 1.26 bits per heavy atom. The molecule has 2 rings (SSSR count). The Labute approximate surface area is 137 Å². The number of ether oxygens (including phenoxy) is 2. The van der Waals surface area contributed by atoms with Gasteiger partial charge in [-0.2, -0.15) is 0 Å². The summed E-state index contributed by atoms with van der Waals surface area (Å²) in [4.78, 5) is 27.2. The highest BCUT2D eigenvalue weighted by atomic mass is 32.1. The Morgan fingerprint density at radius 2 is 2.00 bits per heavy atom. The summed E-state index contributed by atoms with van der Waals surface area (Å²) < 4.78 is 9.64. The van der Waals surface area contributed by atoms with E-state index in [1.165, 1.54) is 24.5 Å². The average Bonchev–Trinajstić information content (AvgIpc) is 3.00. The summed E-state index contributed by atoms with van der Waals surface area (Å²) in [6.45, 7) is 0. The number of nitrogens with zero attached hydrogens (tertiary/aromatic N) is 1. The highest BCUT2D eigenvalue weighted by molar-refractivity contribution is 7.14. The standard InChI is InChI=1S/C16H16N2O4S/c1-21-13-6-3-11(4-7-13)5-8-14(19)18-16-17-12(10-23-16)9-15(20)22-2/h3-8,10H,9H2,1-2H3,(H,17,18,19)/b8-5+. The lowest BCUT2D eigenvalue weighted by Crippen LogP contribution is -2.08. The zero-order valence-electron chi connectivity index (χ0n) is 12.7. The number of carbonyl (C=O) groups is 2. The molecule has 0 radical (unpaired) electrons. The third-order valence-electron chi connectivity index (χ3n) is 2.88. The smallest absolute Gasteiger partial charge is 0.311 e. The van der Waals surface area contributed by atoms with Crippen molar-refractivity contribution in [3.8, 4) is 5.75 Å². The molecule has 23 heavy (non-hydrogen) atoms. The molecule has 2 aromatic rings. The quantitative estimate of drug-likeness (QED) is 0.650. The average molecular weight is 332 g/mol. The van der Waals surface area contributed by atoms with Gasteiger partial charge in [-0.3, -0.25) is 14.9 Å². The van der Waals surface area contributed by atoms with Crippen molar-refractivity contribution in [2.24, 2.45) is 0 Å². The molecule has 0 fully saturated rings. The molecule has 0 atom stereocenters. The Bertz CT molecular complexity index is 707. The van der Waals surface area contributed by atoms with Gasteiger partial charge in [-0.05, 0) is 23.8 Å². The SMILES string of the molecule is COC(=O)Cc1csc(NC(=O)/C=C/c2ccc(OC)cc2)n1. The first-order valence-corrected chi connectivity index (χ1v) is 7.63. The third kappa shape index (κ3) is 5.23. The fourth-order valence-corrected chi connectivity index (χ4v) is 2.41. The summed E-state index contributed by atoms with van der Waals surface area (Å²) in [6.07, 6.45) is 3.20. The van der Waals surface area contributed by atoms with Gasteiger partial charge in [0.1, 0.15) is 5.75 Å². The van der Waals surface area contributed by atoms with Gasteiger partial charge in [-0.1, -0.05) is 12.1 Å². The van der Waals surface area contributed by atoms with Gasteiger partial charge in [-0.25, -0.2) is 4.98 Å². The van der Waals surface area contributed by atoms with Crippen molar-refractivity contribution in [2.45, 2.75) is 6.42 Å². The van der Waals surface area contributed by atoms with Crippen LogP contribution in [0.2, 0.25) is 0 Å². The molecule has 0 spiro atoms. The van der Waals surface area contributed by atoms with Crippen LogP contribution in [0.4, 0.5) is 5.13 Å². The van der Waals surface area contributed by atoms with Gasteiger partial charge in [0, 0.05) is 11.5 Å². The van der Waals surface area contributed by atoms with E-state index in [4.69, 9.17) is 4.74 Å². The number of esters is 1. The predicted octanol–water partition coefficient (Wildman–Crippen LogP) is 2.52. The molecule has 120 valence electrons. The number of nitrogens with one attached hydrogen (secondary N) is 1. The number of amides is 1. The Hall–Kier alpha value is -2.67. The van der Waals surface area contributed by atoms with Crippen LogP contribution in [0, 0.1) is 0 Å². The van der Waals surface area contributed by atoms with Crippen molar-refractivity contribution in [2.75, 3.05) is 19.5 Å². The number of benzene rings is 1. The van der Waals surface area contributed by atoms with Crippen LogP contribution in [-0.4, -0.2) is 31.1 Å². The van der Waals surface area contributed by atoms with E-state index in [2.05, 4.69) is 15.0 Å². The first kappa shape index (κ1) is 16.7. The predicted molar refractivity (Wildman–Crippen MR) is 88.5 cm³/mol. The molecule has 0 saturated heterocycles. The summed E-state index contributed by atoms with van der Waals surface area (Å²) in [5.74, 6) is 0.0971. The maximum Gasteiger partial charge on any atom is 0.311 e. The van der Waals surface area contributed by atoms with Gasteiger partial charge in [-0.15, -0.1) is 11.3 Å². The zero-order valence-corrected chi connectivity index (χ0v) is 13.6. The summed E-state index contributed by atoms with van der Waals surface area (Å²) >= 11 is 1.26. The molecule has 0 unspecified atom stereocenters. The first-order valence-electron chi connectivity index (χ1n) is 6.75. The fraction of sp³-hybridized carbons (Fsp3) is 0.188. The van der Waals surface area contributed by atoms with Crippen molar-refractivity contribution in [3.05, 3.63) is 47.0 Å². The molecule has 0 aliphatic rings. The Kier molecular flexibility index (Phi) is 5.87. The molecule has 0 saturated carbocycles. The number of rotatable bonds is 6. The minimum absolute atomic E-state index is 0.0879. The third-order valence-corrected chi connectivity index (χ3v) is 3.68. The second-order valence-corrected chi connectivity index (χ2v) is 5.35. The molecule has 1 aromatic carbocycles. The maximum absolute atomic E-state index is 11.8. The first-order chi connectivity index (χ1) is 11.1. The van der Waals surface area contributed by atoms with Crippen LogP contribution in [0.15, 0.2) is 35.7 Å². The maximum atomic E-state index is 11.8. The minimum Gasteiger partial charge on any atom is -0.497 e. The number of methoxy groups -OCH3 is 2. The van der Waals surface area contributed by atoms with E-state index in [1.54, 1.807) is 18.6 Å². The lowest BCUT2D eigenvalue weighted by Gasteiger charge is -1.99. The number of carbonyl (C=O) groups excluding carboxylic acids is 2. The number of anilines is 1. The van der Waals surface area contributed by atoms with Crippen molar-refractivity contribution < 1.29 is 19.1 Å². The zero-order chi connectivity index (χ0) is 16.7. The molecule has 1 amide bonds. The number of hydrogen-bond donors (Lipinski definition) is 1. The molecule has 0 aliphatic heterocycles. The molecular formula is C16H16N2O4S. The molecular weight excluding hydrogens is 316 g/mol. The van der Waals surface area contributed by atoms with E-state index >= 15 is 0 Å². The van der Waals surface area contributed by atoms with Crippen LogP contribution >= 0.6 is 11.3 Å². The van der Waals surface area contributed by atoms with Crippen LogP contribution in [0.25, 0.3) is 6.08 Å². The van der Waals surface area contributed by atoms with Gasteiger partial charge < -0.3 is 9.47 Å². The van der Waals surface area contributed by atoms with Crippen LogP contribution < -0.4 is 10.1 Å². The monoisotopic (exact) mass is 332 g/mol. The van der Waals surface area contributed by atoms with E-state index in [0.29, 0.717) is 10.8 Å². The molecule has 0 bridgehead atoms. The van der Waals surface area contributed by atoms with Gasteiger partial charge in [0.15, 0.2) is 5.13 Å². The van der Waals surface area contributed by atoms with Crippen LogP contribution in [0.5, 0.6) is 5.75 Å². The van der Waals surface area contributed by atoms with Crippen molar-refractivity contribution >= 4 is 34.4 Å². The number of aromatic nitrogens is 1. The van der Waals surface area contributed by atoms with Crippen LogP contribution in [0.3, 0.4) is 0 Å². The Balaban J connectivity index is 1.91. The van der Waals surface area contributed by atoms with Gasteiger partial charge >= 0.3 is 5.97 Å². The second kappa shape index (κ2) is 8.09. The summed E-state index contributed by atoms with van der Waals surface area (Å²) in [5, 5.41) is 4.80. The van der Waals surface area contributed by atoms with Gasteiger partial charge in [0.05, 0.1) is 26.3 Å². The van der Waals surface area contributed by atoms with E-state index in [-0.39, 0.29) is 18.3 Å². The fourth-order valence-electron chi connectivity index (χ4n) is 1.70. The van der Waals surface area contributed by atoms with Crippen molar-refractivity contribution in [1.82, 2.24) is 4.98 Å². The topological polar surface area (TPSA) is 77.5 Å². The summed E-state index contributed by atoms with van der Waals surface area (Å²) in [6, 6.07) is 7.33. The molecule has 0 aliphatic carbocycles. The number of thiazole rings is 1. The molecule has 1 N–H and O–H groups in total. The summed E-state index contributed by atoms with van der Waals surface area (Å²) in [7, 11) is 2.92. The molecule has 1 aromatic heterocycles. The normalized spacial score (nSPS) is 10.5. The highest BCUT2D eigenvalue weighted by Crippen LogP contribution is 2.16. The second-order valence-electron chi connectivity index (χ2n) is 4.49. The lowest BCUT2D eigenvalue weighted by molar-refractivity contribution is -0.139. The van der Waals surface area contributed by atoms with E-state index in [9.17, 15) is 9.59 Å². The molecule has 1 heterocycles. The van der Waals surface area contributed by atoms with Gasteiger partial charge in [0.2, 0.25) is 5.91 Å². The van der Waals surface area contributed by atoms with Crippen LogP contribution in [-0.2, 0) is 20.7 Å². The van der Waals surface area contributed by atoms with E-state index < -0.39 is 0 Å². The van der Waals surface area contributed by atoms with E-state index in [0.717, 1.165) is 11.3 Å². The van der Waals surface area contributed by atoms with Crippen LogP contribution in [0.1, 0.15) is 11.3 Å².